The highest BCUT2D eigenvalue weighted by molar-refractivity contribution is 5.76. The SMILES string of the molecule is CC/C=C/[C@@H]1CC[C@]2(C[C@H]3CC[C@H]4[C@@H](C(=O)OCCCCCCCCCCCCCCCC(=O)N(CCCN)CCCCN)[C@@]5(CCC[C@H](CCC)O5)NC(N2)[NH+]34)O1. The molecule has 2 spiro atoms. The molecule has 11 heteroatoms. The van der Waals surface area contributed by atoms with Crippen LogP contribution in [0.25, 0.3) is 0 Å². The van der Waals surface area contributed by atoms with Crippen LogP contribution < -0.4 is 27.0 Å². The monoisotopic (exact) mass is 816 g/mol. The zero-order valence-corrected chi connectivity index (χ0v) is 37.1. The quantitative estimate of drug-likeness (QED) is 0.0330. The molecule has 0 saturated carbocycles. The summed E-state index contributed by atoms with van der Waals surface area (Å²) in [5.41, 5.74) is 10.3. The Kier molecular flexibility index (Phi) is 20.7. The van der Waals surface area contributed by atoms with Gasteiger partial charge in [0, 0.05) is 38.8 Å². The summed E-state index contributed by atoms with van der Waals surface area (Å²) in [7, 11) is 0. The number of hydrogen-bond donors (Lipinski definition) is 5. The number of carbonyl (C=O) groups excluding carboxylic acids is 2. The zero-order chi connectivity index (χ0) is 41.1. The Morgan fingerprint density at radius 1 is 0.793 bits per heavy atom. The van der Waals surface area contributed by atoms with Gasteiger partial charge in [-0.15, -0.1) is 0 Å². The van der Waals surface area contributed by atoms with E-state index < -0.39 is 5.72 Å². The van der Waals surface area contributed by atoms with Gasteiger partial charge in [0.15, 0.2) is 5.92 Å². The first-order chi connectivity index (χ1) is 28.4. The van der Waals surface area contributed by atoms with Crippen molar-refractivity contribution in [2.24, 2.45) is 17.4 Å². The fourth-order valence-electron chi connectivity index (χ4n) is 11.1. The van der Waals surface area contributed by atoms with Gasteiger partial charge in [0.05, 0.1) is 24.9 Å². The third kappa shape index (κ3) is 13.7. The number of rotatable bonds is 28. The third-order valence-electron chi connectivity index (χ3n) is 14.1. The summed E-state index contributed by atoms with van der Waals surface area (Å²) < 4.78 is 20.0. The van der Waals surface area contributed by atoms with Gasteiger partial charge in [-0.25, -0.2) is 10.6 Å². The van der Waals surface area contributed by atoms with Crippen molar-refractivity contribution in [3.63, 3.8) is 0 Å². The fraction of sp³-hybridized carbons (Fsp3) is 0.915. The maximum atomic E-state index is 14.2. The molecule has 334 valence electrons. The van der Waals surface area contributed by atoms with Crippen LogP contribution in [0.15, 0.2) is 12.2 Å². The van der Waals surface area contributed by atoms with E-state index in [0.29, 0.717) is 32.2 Å². The van der Waals surface area contributed by atoms with E-state index in [9.17, 15) is 9.59 Å². The summed E-state index contributed by atoms with van der Waals surface area (Å²) in [6.45, 7) is 7.83. The molecule has 11 nitrogen and oxygen atoms in total. The summed E-state index contributed by atoms with van der Waals surface area (Å²) >= 11 is 0. The number of allylic oxidation sites excluding steroid dienone is 1. The predicted octanol–water partition coefficient (Wildman–Crippen LogP) is 6.73. The van der Waals surface area contributed by atoms with Crippen molar-refractivity contribution >= 4 is 11.9 Å². The van der Waals surface area contributed by atoms with Gasteiger partial charge in [-0.05, 0) is 90.1 Å². The second-order valence-electron chi connectivity index (χ2n) is 18.7. The van der Waals surface area contributed by atoms with Crippen LogP contribution in [0, 0.1) is 5.92 Å². The lowest BCUT2D eigenvalue weighted by Crippen LogP contribution is -3.28. The van der Waals surface area contributed by atoms with E-state index in [4.69, 9.17) is 25.7 Å². The first-order valence-electron chi connectivity index (χ1n) is 24.7. The molecule has 0 radical (unpaired) electrons. The normalized spacial score (nSPS) is 31.7. The topological polar surface area (TPSA) is 146 Å². The number of carbonyl (C=O) groups is 2. The van der Waals surface area contributed by atoms with Gasteiger partial charge in [0.1, 0.15) is 17.5 Å². The van der Waals surface area contributed by atoms with Gasteiger partial charge in [0.25, 0.3) is 0 Å². The molecule has 5 aliphatic heterocycles. The van der Waals surface area contributed by atoms with Crippen LogP contribution in [0.2, 0.25) is 0 Å². The molecule has 1 amide bonds. The van der Waals surface area contributed by atoms with Crippen LogP contribution in [-0.2, 0) is 23.8 Å². The molecule has 58 heavy (non-hydrogen) atoms. The van der Waals surface area contributed by atoms with Gasteiger partial charge in [0.2, 0.25) is 12.2 Å². The predicted molar refractivity (Wildman–Crippen MR) is 233 cm³/mol. The lowest BCUT2D eigenvalue weighted by molar-refractivity contribution is -0.985. The van der Waals surface area contributed by atoms with Crippen molar-refractivity contribution in [1.29, 1.82) is 0 Å². The molecular weight excluding hydrogens is 729 g/mol. The highest BCUT2D eigenvalue weighted by Gasteiger charge is 2.67. The maximum absolute atomic E-state index is 14.2. The molecule has 7 N–H and O–H groups in total. The van der Waals surface area contributed by atoms with Gasteiger partial charge < -0.3 is 35.5 Å². The molecule has 5 saturated heterocycles. The van der Waals surface area contributed by atoms with E-state index in [1.165, 1.54) is 62.7 Å². The number of unbranched alkanes of at least 4 members (excludes halogenated alkanes) is 13. The Morgan fingerprint density at radius 3 is 2.17 bits per heavy atom. The molecule has 9 atom stereocenters. The number of hydrogen-bond acceptors (Lipinski definition) is 9. The summed E-state index contributed by atoms with van der Waals surface area (Å²) in [4.78, 5) is 30.4. The van der Waals surface area contributed by atoms with Crippen molar-refractivity contribution in [3.8, 4) is 0 Å². The molecule has 0 bridgehead atoms. The van der Waals surface area contributed by atoms with Crippen LogP contribution >= 0.6 is 0 Å². The summed E-state index contributed by atoms with van der Waals surface area (Å²) in [5.74, 6) is -0.0435. The van der Waals surface area contributed by atoms with E-state index in [0.717, 1.165) is 129 Å². The van der Waals surface area contributed by atoms with Crippen molar-refractivity contribution < 1.29 is 28.7 Å². The number of nitrogens with two attached hydrogens (primary N) is 2. The summed E-state index contributed by atoms with van der Waals surface area (Å²) in [6.07, 6.45) is 35.4. The Balaban J connectivity index is 0.953. The van der Waals surface area contributed by atoms with E-state index in [-0.39, 0.29) is 48.1 Å². The Morgan fingerprint density at radius 2 is 1.48 bits per heavy atom. The van der Waals surface area contributed by atoms with Crippen molar-refractivity contribution in [1.82, 2.24) is 15.5 Å². The molecule has 5 heterocycles. The molecule has 0 aliphatic carbocycles. The highest BCUT2D eigenvalue weighted by atomic mass is 16.6. The zero-order valence-electron chi connectivity index (χ0n) is 37.1. The molecule has 2 unspecified atom stereocenters. The van der Waals surface area contributed by atoms with E-state index in [2.05, 4.69) is 36.6 Å². The number of ether oxygens (including phenoxy) is 3. The average molecular weight is 816 g/mol. The number of quaternary nitrogens is 1. The molecule has 5 fully saturated rings. The molecule has 0 aromatic rings. The first kappa shape index (κ1) is 47.4. The molecular formula is C47H87N6O5+. The van der Waals surface area contributed by atoms with Crippen molar-refractivity contribution in [2.45, 2.75) is 236 Å². The molecule has 5 aliphatic rings. The lowest BCUT2D eigenvalue weighted by Gasteiger charge is -2.57. The number of amides is 1. The van der Waals surface area contributed by atoms with Crippen LogP contribution in [0.5, 0.6) is 0 Å². The van der Waals surface area contributed by atoms with Crippen LogP contribution in [0.4, 0.5) is 0 Å². The minimum atomic E-state index is -0.688. The minimum Gasteiger partial charge on any atom is -0.465 e. The van der Waals surface area contributed by atoms with E-state index >= 15 is 0 Å². The average Bonchev–Trinajstić information content (AvgIpc) is 3.81. The van der Waals surface area contributed by atoms with Gasteiger partial charge in [-0.1, -0.05) is 103 Å². The van der Waals surface area contributed by atoms with Crippen LogP contribution in [0.1, 0.15) is 194 Å². The van der Waals surface area contributed by atoms with Gasteiger partial charge in [-0.3, -0.25) is 9.59 Å². The third-order valence-corrected chi connectivity index (χ3v) is 14.1. The lowest BCUT2D eigenvalue weighted by atomic mass is 9.79. The van der Waals surface area contributed by atoms with Crippen molar-refractivity contribution in [2.75, 3.05) is 32.8 Å². The smallest absolute Gasteiger partial charge is 0.319 e. The fourth-order valence-corrected chi connectivity index (χ4v) is 11.1. The van der Waals surface area contributed by atoms with Crippen molar-refractivity contribution in [3.05, 3.63) is 12.2 Å². The number of nitrogens with zero attached hydrogens (tertiary/aromatic N) is 1. The Hall–Kier alpha value is -1.60. The molecule has 5 rings (SSSR count). The minimum absolute atomic E-state index is 0.0126. The maximum Gasteiger partial charge on any atom is 0.319 e. The summed E-state index contributed by atoms with van der Waals surface area (Å²) in [6, 6.07) is 0.663. The highest BCUT2D eigenvalue weighted by Crippen LogP contribution is 2.43. The van der Waals surface area contributed by atoms with Gasteiger partial charge >= 0.3 is 5.97 Å². The first-order valence-corrected chi connectivity index (χ1v) is 24.7. The van der Waals surface area contributed by atoms with Gasteiger partial charge in [-0.2, -0.15) is 0 Å². The number of esters is 1. The van der Waals surface area contributed by atoms with Crippen LogP contribution in [-0.4, -0.2) is 91.6 Å². The Bertz CT molecular complexity index is 1220. The second-order valence-corrected chi connectivity index (χ2v) is 18.7. The van der Waals surface area contributed by atoms with E-state index in [1.807, 2.05) is 4.90 Å². The largest absolute Gasteiger partial charge is 0.465 e. The molecule has 0 aromatic heterocycles. The second kappa shape index (κ2) is 25.4. The Labute approximate surface area is 353 Å². The van der Waals surface area contributed by atoms with Crippen LogP contribution in [0.3, 0.4) is 0 Å². The van der Waals surface area contributed by atoms with E-state index in [1.54, 1.807) is 0 Å². The standard InChI is InChI=1S/C47H86N6O5/c1-3-5-24-40-29-31-46(57-40)37-38-27-28-41-43(47(51-45(50-46)53(38)41)30-21-25-39(58-47)23-4-2)44(55)56-36-20-16-14-12-10-8-6-7-9-11-13-15-17-26-42(54)52(35-22-33-49)34-19-18-32-48/h5,24,38-41,43,45,50-51H,3-4,6-23,25-37,48-49H2,1-2H3/p+1/b24-5+/t38-,39+,40-,41+,43+,45?,46-,47+/m1/s1. The number of nitrogens with one attached hydrogen (secondary N) is 3. The summed E-state index contributed by atoms with van der Waals surface area (Å²) in [5, 5.41) is 7.96. The molecule has 0 aromatic carbocycles.